The van der Waals surface area contributed by atoms with Crippen LogP contribution in [0.15, 0.2) is 0 Å². The van der Waals surface area contributed by atoms with Gasteiger partial charge < -0.3 is 10.4 Å². The average molecular weight is 277 g/mol. The van der Waals surface area contributed by atoms with Gasteiger partial charge in [0, 0.05) is 12.7 Å². The average Bonchev–Trinajstić information content (AvgIpc) is 2.11. The molecule has 104 valence electrons. The van der Waals surface area contributed by atoms with E-state index in [4.69, 9.17) is 5.11 Å². The first-order valence-electron chi connectivity index (χ1n) is 5.93. The standard InChI is InChI=1S/C11H19NO5S/c1-18(16,17)7-2-4-9(13)12-11(5-3-6-11)8-10(14)15/h2-8H2,1H3,(H,12,13)(H,14,15). The third-order valence-corrected chi connectivity index (χ3v) is 4.15. The fourth-order valence-corrected chi connectivity index (χ4v) is 2.76. The van der Waals surface area contributed by atoms with Crippen molar-refractivity contribution in [3.05, 3.63) is 0 Å². The van der Waals surface area contributed by atoms with Gasteiger partial charge in [0.1, 0.15) is 9.84 Å². The van der Waals surface area contributed by atoms with Crippen LogP contribution in [0.5, 0.6) is 0 Å². The van der Waals surface area contributed by atoms with Crippen molar-refractivity contribution in [2.45, 2.75) is 44.1 Å². The highest BCUT2D eigenvalue weighted by molar-refractivity contribution is 7.90. The highest BCUT2D eigenvalue weighted by Crippen LogP contribution is 2.34. The van der Waals surface area contributed by atoms with E-state index in [0.29, 0.717) is 12.8 Å². The summed E-state index contributed by atoms with van der Waals surface area (Å²) in [6, 6.07) is 0. The number of carboxylic acid groups (broad SMARTS) is 1. The van der Waals surface area contributed by atoms with Gasteiger partial charge in [-0.2, -0.15) is 0 Å². The van der Waals surface area contributed by atoms with E-state index in [0.717, 1.165) is 12.7 Å². The van der Waals surface area contributed by atoms with Crippen LogP contribution in [-0.4, -0.2) is 42.9 Å². The van der Waals surface area contributed by atoms with Gasteiger partial charge in [-0.3, -0.25) is 9.59 Å². The van der Waals surface area contributed by atoms with Crippen LogP contribution in [0.3, 0.4) is 0 Å². The van der Waals surface area contributed by atoms with Crippen molar-refractivity contribution in [1.29, 1.82) is 0 Å². The van der Waals surface area contributed by atoms with E-state index in [9.17, 15) is 18.0 Å². The van der Waals surface area contributed by atoms with Gasteiger partial charge in [-0.1, -0.05) is 0 Å². The molecule has 0 aromatic carbocycles. The zero-order valence-electron chi connectivity index (χ0n) is 10.4. The first-order valence-corrected chi connectivity index (χ1v) is 7.99. The fraction of sp³-hybridized carbons (Fsp3) is 0.818. The number of amides is 1. The minimum Gasteiger partial charge on any atom is -0.481 e. The van der Waals surface area contributed by atoms with Crippen molar-refractivity contribution in [2.75, 3.05) is 12.0 Å². The van der Waals surface area contributed by atoms with E-state index in [1.807, 2.05) is 0 Å². The second-order valence-electron chi connectivity index (χ2n) is 4.99. The molecule has 0 atom stereocenters. The minimum atomic E-state index is -3.05. The van der Waals surface area contributed by atoms with Gasteiger partial charge in [-0.05, 0) is 25.7 Å². The molecular formula is C11H19NO5S. The topological polar surface area (TPSA) is 101 Å². The maximum Gasteiger partial charge on any atom is 0.305 e. The van der Waals surface area contributed by atoms with E-state index < -0.39 is 21.3 Å². The molecule has 1 rings (SSSR count). The number of rotatable bonds is 7. The predicted molar refractivity (Wildman–Crippen MR) is 65.9 cm³/mol. The second-order valence-corrected chi connectivity index (χ2v) is 7.25. The molecule has 1 aliphatic rings. The van der Waals surface area contributed by atoms with Crippen molar-refractivity contribution in [3.63, 3.8) is 0 Å². The third kappa shape index (κ3) is 5.03. The van der Waals surface area contributed by atoms with Crippen molar-refractivity contribution >= 4 is 21.7 Å². The fourth-order valence-electron chi connectivity index (χ4n) is 2.09. The summed E-state index contributed by atoms with van der Waals surface area (Å²) in [6.07, 6.45) is 3.72. The van der Waals surface area contributed by atoms with Crippen LogP contribution in [0.1, 0.15) is 38.5 Å². The molecule has 0 unspecified atom stereocenters. The summed E-state index contributed by atoms with van der Waals surface area (Å²) in [6.45, 7) is 0. The van der Waals surface area contributed by atoms with Crippen molar-refractivity contribution in [1.82, 2.24) is 5.32 Å². The number of hydrogen-bond donors (Lipinski definition) is 2. The Morgan fingerprint density at radius 1 is 1.33 bits per heavy atom. The molecule has 0 heterocycles. The molecule has 0 radical (unpaired) electrons. The normalized spacial score (nSPS) is 17.8. The first-order chi connectivity index (χ1) is 8.22. The van der Waals surface area contributed by atoms with Crippen LogP contribution in [0, 0.1) is 0 Å². The molecule has 7 heteroatoms. The Balaban J connectivity index is 2.36. The van der Waals surface area contributed by atoms with Gasteiger partial charge >= 0.3 is 5.97 Å². The monoisotopic (exact) mass is 277 g/mol. The summed E-state index contributed by atoms with van der Waals surface area (Å²) in [5.74, 6) is -1.21. The zero-order valence-corrected chi connectivity index (χ0v) is 11.3. The van der Waals surface area contributed by atoms with Gasteiger partial charge in [0.05, 0.1) is 17.7 Å². The van der Waals surface area contributed by atoms with Crippen LogP contribution in [0.2, 0.25) is 0 Å². The highest BCUT2D eigenvalue weighted by Gasteiger charge is 2.40. The Labute approximate surface area is 107 Å². The quantitative estimate of drug-likeness (QED) is 0.698. The molecule has 2 N–H and O–H groups in total. The zero-order chi connectivity index (χ0) is 13.8. The Bertz CT molecular complexity index is 425. The third-order valence-electron chi connectivity index (χ3n) is 3.12. The lowest BCUT2D eigenvalue weighted by Crippen LogP contribution is -2.54. The summed E-state index contributed by atoms with van der Waals surface area (Å²) in [7, 11) is -3.05. The lowest BCUT2D eigenvalue weighted by molar-refractivity contribution is -0.140. The van der Waals surface area contributed by atoms with Crippen molar-refractivity contribution < 1.29 is 23.1 Å². The molecule has 0 spiro atoms. The Kier molecular flexibility index (Phi) is 4.72. The Morgan fingerprint density at radius 2 is 1.94 bits per heavy atom. The summed E-state index contributed by atoms with van der Waals surface area (Å²) in [5, 5.41) is 11.5. The molecule has 0 aliphatic heterocycles. The second kappa shape index (κ2) is 5.69. The van der Waals surface area contributed by atoms with Crippen LogP contribution in [0.4, 0.5) is 0 Å². The van der Waals surface area contributed by atoms with Gasteiger partial charge in [-0.25, -0.2) is 8.42 Å². The summed E-state index contributed by atoms with van der Waals surface area (Å²) < 4.78 is 21.8. The SMILES string of the molecule is CS(=O)(=O)CCCC(=O)NC1(CC(=O)O)CCC1. The number of sulfone groups is 1. The number of hydrogen-bond acceptors (Lipinski definition) is 4. The lowest BCUT2D eigenvalue weighted by atomic mass is 9.74. The molecule has 0 saturated heterocycles. The number of carbonyl (C=O) groups excluding carboxylic acids is 1. The molecular weight excluding hydrogens is 258 g/mol. The van der Waals surface area contributed by atoms with Crippen molar-refractivity contribution in [2.24, 2.45) is 0 Å². The molecule has 18 heavy (non-hydrogen) atoms. The first kappa shape index (κ1) is 14.9. The summed E-state index contributed by atoms with van der Waals surface area (Å²) >= 11 is 0. The minimum absolute atomic E-state index is 0.0215. The molecule has 1 fully saturated rings. The molecule has 1 amide bonds. The molecule has 0 aromatic heterocycles. The molecule has 0 aromatic rings. The Morgan fingerprint density at radius 3 is 2.33 bits per heavy atom. The van der Waals surface area contributed by atoms with Crippen molar-refractivity contribution in [3.8, 4) is 0 Å². The largest absolute Gasteiger partial charge is 0.481 e. The van der Waals surface area contributed by atoms with Crippen LogP contribution in [0.25, 0.3) is 0 Å². The van der Waals surface area contributed by atoms with Gasteiger partial charge in [0.15, 0.2) is 0 Å². The maximum absolute atomic E-state index is 11.6. The van der Waals surface area contributed by atoms with E-state index >= 15 is 0 Å². The number of aliphatic carboxylic acids is 1. The summed E-state index contributed by atoms with van der Waals surface area (Å²) in [4.78, 5) is 22.3. The number of carbonyl (C=O) groups is 2. The predicted octanol–water partition coefficient (Wildman–Crippen LogP) is 0.325. The van der Waals surface area contributed by atoms with E-state index in [2.05, 4.69) is 5.32 Å². The smallest absolute Gasteiger partial charge is 0.305 e. The molecule has 0 bridgehead atoms. The van der Waals surface area contributed by atoms with Gasteiger partial charge in [0.25, 0.3) is 0 Å². The van der Waals surface area contributed by atoms with Crippen LogP contribution in [-0.2, 0) is 19.4 Å². The van der Waals surface area contributed by atoms with E-state index in [-0.39, 0.29) is 30.9 Å². The van der Waals surface area contributed by atoms with Crippen LogP contribution < -0.4 is 5.32 Å². The summed E-state index contributed by atoms with van der Waals surface area (Å²) in [5.41, 5.74) is -0.603. The molecule has 1 aliphatic carbocycles. The Hall–Kier alpha value is -1.11. The number of carboxylic acids is 1. The van der Waals surface area contributed by atoms with E-state index in [1.54, 1.807) is 0 Å². The molecule has 6 nitrogen and oxygen atoms in total. The maximum atomic E-state index is 11.6. The lowest BCUT2D eigenvalue weighted by Gasteiger charge is -2.41. The van der Waals surface area contributed by atoms with Gasteiger partial charge in [0.2, 0.25) is 5.91 Å². The molecule has 1 saturated carbocycles. The van der Waals surface area contributed by atoms with E-state index in [1.165, 1.54) is 0 Å². The van der Waals surface area contributed by atoms with Crippen LogP contribution >= 0.6 is 0 Å². The number of nitrogens with one attached hydrogen (secondary N) is 1. The van der Waals surface area contributed by atoms with Gasteiger partial charge in [-0.15, -0.1) is 0 Å². The highest BCUT2D eigenvalue weighted by atomic mass is 32.2.